The van der Waals surface area contributed by atoms with E-state index in [0.717, 1.165) is 5.76 Å². The number of hydrogen-bond donors (Lipinski definition) is 2. The van der Waals surface area contributed by atoms with Crippen molar-refractivity contribution in [3.63, 3.8) is 0 Å². The molecule has 2 aromatic heterocycles. The normalized spacial score (nSPS) is 10.2. The summed E-state index contributed by atoms with van der Waals surface area (Å²) in [6.07, 6.45) is 1.30. The van der Waals surface area contributed by atoms with E-state index in [9.17, 15) is 9.59 Å². The largest absolute Gasteiger partial charge is 0.478 e. The lowest BCUT2D eigenvalue weighted by molar-refractivity contribution is -0.115. The molecule has 0 aliphatic carbocycles. The van der Waals surface area contributed by atoms with Gasteiger partial charge in [-0.25, -0.2) is 9.78 Å². The molecule has 19 heavy (non-hydrogen) atoms. The molecule has 0 radical (unpaired) electrons. The SMILES string of the molecule is Cc1ccc(CC(=O)Nc2ccc(C(=O)O)cn2)o1. The zero-order valence-electron chi connectivity index (χ0n) is 10.2. The van der Waals surface area contributed by atoms with Gasteiger partial charge in [0.1, 0.15) is 17.3 Å². The van der Waals surface area contributed by atoms with Gasteiger partial charge in [-0.3, -0.25) is 4.79 Å². The third-order valence-electron chi connectivity index (χ3n) is 2.41. The summed E-state index contributed by atoms with van der Waals surface area (Å²) in [6, 6.07) is 6.33. The molecule has 0 saturated heterocycles. The van der Waals surface area contributed by atoms with Crippen molar-refractivity contribution in [3.8, 4) is 0 Å². The minimum atomic E-state index is -1.06. The smallest absolute Gasteiger partial charge is 0.337 e. The van der Waals surface area contributed by atoms with Gasteiger partial charge in [-0.1, -0.05) is 0 Å². The molecule has 0 aliphatic rings. The van der Waals surface area contributed by atoms with Crippen LogP contribution in [0.1, 0.15) is 21.9 Å². The Morgan fingerprint density at radius 3 is 2.63 bits per heavy atom. The van der Waals surface area contributed by atoms with Crippen molar-refractivity contribution in [2.45, 2.75) is 13.3 Å². The maximum atomic E-state index is 11.7. The fraction of sp³-hybridized carbons (Fsp3) is 0.154. The number of pyridine rings is 1. The minimum Gasteiger partial charge on any atom is -0.478 e. The Labute approximate surface area is 109 Å². The van der Waals surface area contributed by atoms with E-state index in [1.54, 1.807) is 19.1 Å². The Kier molecular flexibility index (Phi) is 3.61. The van der Waals surface area contributed by atoms with E-state index in [-0.39, 0.29) is 17.9 Å². The highest BCUT2D eigenvalue weighted by molar-refractivity contribution is 5.92. The summed E-state index contributed by atoms with van der Waals surface area (Å²) >= 11 is 0. The van der Waals surface area contributed by atoms with Gasteiger partial charge < -0.3 is 14.8 Å². The maximum Gasteiger partial charge on any atom is 0.337 e. The van der Waals surface area contributed by atoms with E-state index in [1.165, 1.54) is 18.3 Å². The van der Waals surface area contributed by atoms with Crippen LogP contribution in [0.15, 0.2) is 34.9 Å². The van der Waals surface area contributed by atoms with Gasteiger partial charge >= 0.3 is 5.97 Å². The Balaban J connectivity index is 1.97. The van der Waals surface area contributed by atoms with Crippen molar-refractivity contribution in [3.05, 3.63) is 47.5 Å². The predicted octanol–water partition coefficient (Wildman–Crippen LogP) is 1.86. The van der Waals surface area contributed by atoms with E-state index >= 15 is 0 Å². The molecule has 0 aromatic carbocycles. The first kappa shape index (κ1) is 12.8. The zero-order chi connectivity index (χ0) is 13.8. The van der Waals surface area contributed by atoms with Gasteiger partial charge in [-0.2, -0.15) is 0 Å². The molecule has 0 fully saturated rings. The first-order chi connectivity index (χ1) is 9.04. The van der Waals surface area contributed by atoms with Gasteiger partial charge in [0, 0.05) is 6.20 Å². The molecule has 0 unspecified atom stereocenters. The summed E-state index contributed by atoms with van der Waals surface area (Å²) in [4.78, 5) is 26.2. The number of amides is 1. The van der Waals surface area contributed by atoms with Crippen LogP contribution in [-0.4, -0.2) is 22.0 Å². The fourth-order valence-electron chi connectivity index (χ4n) is 1.52. The summed E-state index contributed by atoms with van der Waals surface area (Å²) in [7, 11) is 0. The van der Waals surface area contributed by atoms with Gasteiger partial charge in [0.2, 0.25) is 5.91 Å². The molecule has 0 aliphatic heterocycles. The third kappa shape index (κ3) is 3.41. The summed E-state index contributed by atoms with van der Waals surface area (Å²) in [5.41, 5.74) is 0.0691. The monoisotopic (exact) mass is 260 g/mol. The molecule has 2 aromatic rings. The topological polar surface area (TPSA) is 92.4 Å². The highest BCUT2D eigenvalue weighted by atomic mass is 16.4. The number of rotatable bonds is 4. The van der Waals surface area contributed by atoms with Crippen LogP contribution in [0.2, 0.25) is 0 Å². The van der Waals surface area contributed by atoms with Crippen LogP contribution in [-0.2, 0) is 11.2 Å². The number of carbonyl (C=O) groups excluding carboxylic acids is 1. The van der Waals surface area contributed by atoms with E-state index < -0.39 is 5.97 Å². The second kappa shape index (κ2) is 5.34. The van der Waals surface area contributed by atoms with Crippen molar-refractivity contribution < 1.29 is 19.1 Å². The summed E-state index contributed by atoms with van der Waals surface area (Å²) in [5, 5.41) is 11.3. The van der Waals surface area contributed by atoms with Crippen LogP contribution in [0.4, 0.5) is 5.82 Å². The Hall–Kier alpha value is -2.63. The molecule has 1 amide bonds. The van der Waals surface area contributed by atoms with E-state index in [4.69, 9.17) is 9.52 Å². The number of nitrogens with zero attached hydrogens (tertiary/aromatic N) is 1. The lowest BCUT2D eigenvalue weighted by atomic mass is 10.3. The standard InChI is InChI=1S/C13H12N2O4/c1-8-2-4-10(19-8)6-12(16)15-11-5-3-9(7-14-11)13(17)18/h2-5,7H,6H2,1H3,(H,17,18)(H,14,15,16). The maximum absolute atomic E-state index is 11.7. The number of aryl methyl sites for hydroxylation is 1. The van der Waals surface area contributed by atoms with Crippen molar-refractivity contribution in [2.24, 2.45) is 0 Å². The Morgan fingerprint density at radius 2 is 2.11 bits per heavy atom. The molecule has 2 N–H and O–H groups in total. The fourth-order valence-corrected chi connectivity index (χ4v) is 1.52. The number of anilines is 1. The van der Waals surface area contributed by atoms with Crippen molar-refractivity contribution in [1.29, 1.82) is 0 Å². The minimum absolute atomic E-state index is 0.0691. The first-order valence-corrected chi connectivity index (χ1v) is 5.59. The lowest BCUT2D eigenvalue weighted by Gasteiger charge is -2.03. The third-order valence-corrected chi connectivity index (χ3v) is 2.41. The lowest BCUT2D eigenvalue weighted by Crippen LogP contribution is -2.15. The highest BCUT2D eigenvalue weighted by Crippen LogP contribution is 2.09. The molecule has 98 valence electrons. The van der Waals surface area contributed by atoms with Gasteiger partial charge in [0.05, 0.1) is 12.0 Å². The van der Waals surface area contributed by atoms with E-state index in [0.29, 0.717) is 11.6 Å². The first-order valence-electron chi connectivity index (χ1n) is 5.59. The highest BCUT2D eigenvalue weighted by Gasteiger charge is 2.09. The Morgan fingerprint density at radius 1 is 1.32 bits per heavy atom. The molecule has 0 bridgehead atoms. The van der Waals surface area contributed by atoms with Gasteiger partial charge in [0.15, 0.2) is 0 Å². The van der Waals surface area contributed by atoms with E-state index in [2.05, 4.69) is 10.3 Å². The number of carbonyl (C=O) groups is 2. The summed E-state index contributed by atoms with van der Waals surface area (Å²) in [6.45, 7) is 1.80. The van der Waals surface area contributed by atoms with Crippen LogP contribution in [0.25, 0.3) is 0 Å². The molecule has 0 atom stereocenters. The molecule has 6 nitrogen and oxygen atoms in total. The molecular weight excluding hydrogens is 248 g/mol. The molecule has 0 spiro atoms. The number of aromatic nitrogens is 1. The van der Waals surface area contributed by atoms with Gasteiger partial charge in [-0.05, 0) is 31.2 Å². The number of furan rings is 1. The van der Waals surface area contributed by atoms with Crippen LogP contribution >= 0.6 is 0 Å². The molecule has 0 saturated carbocycles. The number of hydrogen-bond acceptors (Lipinski definition) is 4. The van der Waals surface area contributed by atoms with E-state index in [1.807, 2.05) is 0 Å². The molecule has 2 heterocycles. The van der Waals surface area contributed by atoms with Crippen LogP contribution in [0.3, 0.4) is 0 Å². The number of carboxylic acid groups (broad SMARTS) is 1. The quantitative estimate of drug-likeness (QED) is 0.875. The van der Waals surface area contributed by atoms with Crippen molar-refractivity contribution >= 4 is 17.7 Å². The second-order valence-corrected chi connectivity index (χ2v) is 3.97. The van der Waals surface area contributed by atoms with Crippen LogP contribution in [0.5, 0.6) is 0 Å². The number of nitrogens with one attached hydrogen (secondary N) is 1. The zero-order valence-corrected chi connectivity index (χ0v) is 10.2. The van der Waals surface area contributed by atoms with Gasteiger partial charge in [-0.15, -0.1) is 0 Å². The summed E-state index contributed by atoms with van der Waals surface area (Å²) in [5.74, 6) is 0.281. The summed E-state index contributed by atoms with van der Waals surface area (Å²) < 4.78 is 5.28. The average Bonchev–Trinajstić information content (AvgIpc) is 2.75. The molecule has 6 heteroatoms. The van der Waals surface area contributed by atoms with Crippen molar-refractivity contribution in [2.75, 3.05) is 5.32 Å². The number of aromatic carboxylic acids is 1. The number of carboxylic acids is 1. The van der Waals surface area contributed by atoms with Crippen LogP contribution < -0.4 is 5.32 Å². The molecular formula is C13H12N2O4. The van der Waals surface area contributed by atoms with Crippen LogP contribution in [0, 0.1) is 6.92 Å². The molecule has 2 rings (SSSR count). The predicted molar refractivity (Wildman–Crippen MR) is 67.0 cm³/mol. The average molecular weight is 260 g/mol. The van der Waals surface area contributed by atoms with Crippen molar-refractivity contribution in [1.82, 2.24) is 4.98 Å². The Bertz CT molecular complexity index is 601. The van der Waals surface area contributed by atoms with Gasteiger partial charge in [0.25, 0.3) is 0 Å². The second-order valence-electron chi connectivity index (χ2n) is 3.97.